The minimum absolute atomic E-state index is 0.0332. The van der Waals surface area contributed by atoms with E-state index in [2.05, 4.69) is 5.32 Å². The number of amides is 1. The van der Waals surface area contributed by atoms with Gasteiger partial charge in [0.1, 0.15) is 0 Å². The van der Waals surface area contributed by atoms with E-state index in [1.165, 1.54) is 0 Å². The molecule has 0 aliphatic rings. The number of ether oxygens (including phenoxy) is 1. The maximum atomic E-state index is 16.3. The van der Waals surface area contributed by atoms with Crippen LogP contribution in [0.5, 0.6) is 5.75 Å². The number of carbonyl (C=O) groups excluding carboxylic acids is 2. The van der Waals surface area contributed by atoms with Gasteiger partial charge in [-0.1, -0.05) is 103 Å². The molecule has 5 unspecified atom stereocenters. The van der Waals surface area contributed by atoms with Crippen molar-refractivity contribution >= 4 is 32.9 Å². The normalized spacial score (nSPS) is 15.9. The number of hydrogen-bond acceptors (Lipinski definition) is 7. The first-order valence-corrected chi connectivity index (χ1v) is 23.4. The molecule has 0 radical (unpaired) electrons. The largest absolute Gasteiger partial charge is 0.748 e. The molecule has 14 heteroatoms. The fourth-order valence-corrected chi connectivity index (χ4v) is 9.18. The van der Waals surface area contributed by atoms with Crippen LogP contribution < -0.4 is 10.1 Å². The number of benzene rings is 2. The summed E-state index contributed by atoms with van der Waals surface area (Å²) >= 11 is 1.11. The van der Waals surface area contributed by atoms with Gasteiger partial charge in [0.2, 0.25) is 22.7 Å². The molecule has 0 aliphatic carbocycles. The number of thioether (sulfide) groups is 1. The van der Waals surface area contributed by atoms with Gasteiger partial charge < -0.3 is 19.1 Å². The smallest absolute Gasteiger partial charge is 0.225 e. The first-order valence-electron chi connectivity index (χ1n) is 20.8. The molecule has 0 fully saturated rings. The van der Waals surface area contributed by atoms with Crippen molar-refractivity contribution < 1.29 is 49.3 Å². The Morgan fingerprint density at radius 2 is 1.52 bits per heavy atom. The zero-order valence-electron chi connectivity index (χ0n) is 36.2. The Hall–Kier alpha value is -2.68. The van der Waals surface area contributed by atoms with Crippen molar-refractivity contribution in [2.45, 2.75) is 119 Å². The third-order valence-electron chi connectivity index (χ3n) is 12.1. The van der Waals surface area contributed by atoms with Crippen LogP contribution in [0.2, 0.25) is 0 Å². The number of carbonyl (C=O) groups is 2. The molecule has 5 atom stereocenters. The minimum atomic E-state index is -4.28. The Labute approximate surface area is 350 Å². The van der Waals surface area contributed by atoms with E-state index in [0.29, 0.717) is 86.8 Å². The molecule has 2 rings (SSSR count). The van der Waals surface area contributed by atoms with E-state index in [4.69, 9.17) is 4.74 Å². The van der Waals surface area contributed by atoms with Crippen LogP contribution in [0, 0.1) is 45.9 Å². The molecule has 0 bridgehead atoms. The highest BCUT2D eigenvalue weighted by atomic mass is 32.2. The van der Waals surface area contributed by atoms with E-state index in [0.717, 1.165) is 11.8 Å². The number of nitrogens with one attached hydrogen (secondary N) is 1. The Morgan fingerprint density at radius 3 is 2.07 bits per heavy atom. The Bertz CT molecular complexity index is 1700. The van der Waals surface area contributed by atoms with Crippen molar-refractivity contribution in [1.29, 1.82) is 0 Å². The molecule has 330 valence electrons. The number of rotatable bonds is 27. The molecule has 1 N–H and O–H groups in total. The average molecular weight is 861 g/mol. The summed E-state index contributed by atoms with van der Waals surface area (Å²) < 4.78 is 103. The number of unbranched alkanes of at least 4 members (excludes halogenated alkanes) is 1. The topological polar surface area (TPSA) is 113 Å². The monoisotopic (exact) mass is 860 g/mol. The molecular formula is C44H68F4N2O6S2. The zero-order chi connectivity index (χ0) is 43.9. The van der Waals surface area contributed by atoms with Crippen LogP contribution in [0.3, 0.4) is 0 Å². The van der Waals surface area contributed by atoms with Gasteiger partial charge in [-0.3, -0.25) is 9.59 Å². The van der Waals surface area contributed by atoms with E-state index in [1.54, 1.807) is 24.3 Å². The maximum Gasteiger partial charge on any atom is 0.225 e. The van der Waals surface area contributed by atoms with Gasteiger partial charge in [0.15, 0.2) is 17.4 Å². The molecule has 0 saturated heterocycles. The van der Waals surface area contributed by atoms with E-state index >= 15 is 17.6 Å². The highest BCUT2D eigenvalue weighted by Crippen LogP contribution is 2.54. The van der Waals surface area contributed by atoms with Gasteiger partial charge in [-0.2, -0.15) is 8.78 Å². The van der Waals surface area contributed by atoms with Crippen molar-refractivity contribution in [2.24, 2.45) is 22.7 Å². The second-order valence-corrected chi connectivity index (χ2v) is 19.8. The predicted molar refractivity (Wildman–Crippen MR) is 225 cm³/mol. The van der Waals surface area contributed by atoms with E-state index in [9.17, 15) is 22.6 Å². The average Bonchev–Trinajstić information content (AvgIpc) is 3.17. The highest BCUT2D eigenvalue weighted by Gasteiger charge is 2.47. The third kappa shape index (κ3) is 15.1. The molecule has 58 heavy (non-hydrogen) atoms. The molecule has 0 aromatic heterocycles. The Balaban J connectivity index is 2.27. The molecule has 1 amide bonds. The van der Waals surface area contributed by atoms with Gasteiger partial charge in [0.25, 0.3) is 0 Å². The van der Waals surface area contributed by atoms with Crippen molar-refractivity contribution in [3.05, 3.63) is 64.7 Å². The molecule has 2 aromatic rings. The third-order valence-corrected chi connectivity index (χ3v) is 13.9. The summed E-state index contributed by atoms with van der Waals surface area (Å²) in [6.45, 7) is 14.8. The molecule has 0 heterocycles. The van der Waals surface area contributed by atoms with Crippen LogP contribution in [0.1, 0.15) is 135 Å². The second-order valence-electron chi connectivity index (χ2n) is 17.2. The standard InChI is InChI=1S/C44H68F4N2O6S2/c1-10-22-44(7,32(5)30-43(6,12-3)42(52)49-23-18-24-50(8,9)25-19-28-58(53,54)55)34(29-31(4)11-2)35-36(45)38(47)40(39(48)37(35)46)56-26-16-17-27-57-41(51)33-20-14-13-15-21-33/h13-15,20-21,31-32,34H,10-12,16-19,22-30H2,1-9H3,(H-,49,52,53,54,55). The summed E-state index contributed by atoms with van der Waals surface area (Å²) in [5.74, 6) is -8.57. The second kappa shape index (κ2) is 23.4. The van der Waals surface area contributed by atoms with E-state index in [1.807, 2.05) is 68.6 Å². The van der Waals surface area contributed by atoms with Gasteiger partial charge in [-0.25, -0.2) is 17.2 Å². The number of quaternary nitrogens is 1. The first kappa shape index (κ1) is 51.5. The van der Waals surface area contributed by atoms with Crippen LogP contribution >= 0.6 is 11.8 Å². The molecule has 0 spiro atoms. The highest BCUT2D eigenvalue weighted by molar-refractivity contribution is 8.14. The maximum absolute atomic E-state index is 16.3. The van der Waals surface area contributed by atoms with Crippen molar-refractivity contribution in [2.75, 3.05) is 51.8 Å². The first-order chi connectivity index (χ1) is 27.1. The summed E-state index contributed by atoms with van der Waals surface area (Å²) in [7, 11) is -0.407. The zero-order valence-corrected chi connectivity index (χ0v) is 37.8. The Morgan fingerprint density at radius 1 is 0.914 bits per heavy atom. The number of halogens is 4. The number of hydrogen-bond donors (Lipinski definition) is 1. The lowest BCUT2D eigenvalue weighted by molar-refractivity contribution is -0.890. The summed E-state index contributed by atoms with van der Waals surface area (Å²) in [5, 5.41) is 2.95. The van der Waals surface area contributed by atoms with Gasteiger partial charge >= 0.3 is 0 Å². The molecule has 2 aromatic carbocycles. The summed E-state index contributed by atoms with van der Waals surface area (Å²) in [6, 6.07) is 8.78. The lowest BCUT2D eigenvalue weighted by Crippen LogP contribution is -2.45. The summed E-state index contributed by atoms with van der Waals surface area (Å²) in [5.41, 5.74) is -1.79. The van der Waals surface area contributed by atoms with Crippen LogP contribution in [-0.4, -0.2) is 80.3 Å². The minimum Gasteiger partial charge on any atom is -0.748 e. The molecule has 0 saturated carbocycles. The van der Waals surface area contributed by atoms with Crippen LogP contribution in [0.15, 0.2) is 30.3 Å². The van der Waals surface area contributed by atoms with E-state index in [-0.39, 0.29) is 42.3 Å². The lowest BCUT2D eigenvalue weighted by Gasteiger charge is -2.46. The Kier molecular flexibility index (Phi) is 20.7. The van der Waals surface area contributed by atoms with Gasteiger partial charge in [0, 0.05) is 47.4 Å². The molecule has 8 nitrogen and oxygen atoms in total. The van der Waals surface area contributed by atoms with Crippen molar-refractivity contribution in [1.82, 2.24) is 5.32 Å². The summed E-state index contributed by atoms with van der Waals surface area (Å²) in [4.78, 5) is 26.1. The van der Waals surface area contributed by atoms with Gasteiger partial charge in [-0.05, 0) is 61.7 Å². The van der Waals surface area contributed by atoms with Crippen molar-refractivity contribution in [3.63, 3.8) is 0 Å². The fourth-order valence-electron chi connectivity index (χ4n) is 7.86. The fraction of sp³-hybridized carbons (Fsp3) is 0.682. The predicted octanol–water partition coefficient (Wildman–Crippen LogP) is 10.3. The number of nitrogens with zero attached hydrogens (tertiary/aromatic N) is 1. The van der Waals surface area contributed by atoms with Crippen LogP contribution in [0.25, 0.3) is 0 Å². The SMILES string of the molecule is CCCC(C)(C(C)CC(C)(CC)C(=O)NCCC[N+](C)(C)CCCS(=O)(=O)[O-])C(CC(C)CC)c1c(F)c(F)c(OCCCCSC(=O)c2ccccc2)c(F)c1F. The lowest BCUT2D eigenvalue weighted by atomic mass is 9.58. The van der Waals surface area contributed by atoms with Gasteiger partial charge in [0.05, 0.1) is 43.9 Å². The molecule has 0 aliphatic heterocycles. The molecular weight excluding hydrogens is 793 g/mol. The van der Waals surface area contributed by atoms with E-state index < -0.39 is 67.2 Å². The van der Waals surface area contributed by atoms with Crippen molar-refractivity contribution in [3.8, 4) is 5.75 Å². The summed E-state index contributed by atoms with van der Waals surface area (Å²) in [6.07, 6.45) is 4.56. The van der Waals surface area contributed by atoms with Gasteiger partial charge in [-0.15, -0.1) is 0 Å². The van der Waals surface area contributed by atoms with Crippen LogP contribution in [0.4, 0.5) is 17.6 Å². The quantitative estimate of drug-likeness (QED) is 0.0313. The van der Waals surface area contributed by atoms with Crippen LogP contribution in [-0.2, 0) is 14.9 Å².